The van der Waals surface area contributed by atoms with Crippen LogP contribution in [-0.2, 0) is 14.3 Å². The molecule has 0 spiro atoms. The van der Waals surface area contributed by atoms with E-state index in [1.165, 1.54) is 6.08 Å². The summed E-state index contributed by atoms with van der Waals surface area (Å²) in [6.07, 6.45) is 3.71. The minimum atomic E-state index is -0.348. The summed E-state index contributed by atoms with van der Waals surface area (Å²) < 4.78 is 4.76. The number of hydrogen-bond donors (Lipinski definition) is 0. The molecule has 4 nitrogen and oxygen atoms in total. The predicted molar refractivity (Wildman–Crippen MR) is 65.3 cm³/mol. The molecular weight excluding hydrogens is 218 g/mol. The van der Waals surface area contributed by atoms with Gasteiger partial charge in [0.25, 0.3) is 0 Å². The van der Waals surface area contributed by atoms with Crippen molar-refractivity contribution >= 4 is 11.9 Å². The van der Waals surface area contributed by atoms with Crippen molar-refractivity contribution in [2.75, 3.05) is 19.7 Å². The Morgan fingerprint density at radius 3 is 2.82 bits per heavy atom. The van der Waals surface area contributed by atoms with E-state index >= 15 is 0 Å². The van der Waals surface area contributed by atoms with Crippen molar-refractivity contribution < 1.29 is 14.3 Å². The molecule has 1 heterocycles. The summed E-state index contributed by atoms with van der Waals surface area (Å²) in [6, 6.07) is 0. The fourth-order valence-corrected chi connectivity index (χ4v) is 1.89. The monoisotopic (exact) mass is 239 g/mol. The van der Waals surface area contributed by atoms with Crippen molar-refractivity contribution in [1.29, 1.82) is 0 Å². The van der Waals surface area contributed by atoms with Gasteiger partial charge in [-0.15, -0.1) is 0 Å². The van der Waals surface area contributed by atoms with E-state index in [0.717, 1.165) is 6.54 Å². The Morgan fingerprint density at radius 2 is 2.29 bits per heavy atom. The lowest BCUT2D eigenvalue weighted by atomic mass is 9.95. The average Bonchev–Trinajstić information content (AvgIpc) is 2.61. The van der Waals surface area contributed by atoms with E-state index in [1.807, 2.05) is 0 Å². The normalized spacial score (nSPS) is 20.6. The maximum atomic E-state index is 11.7. The molecule has 1 aliphatic heterocycles. The number of hydrogen-bond acceptors (Lipinski definition) is 3. The summed E-state index contributed by atoms with van der Waals surface area (Å²) in [5.74, 6) is 0.799. The van der Waals surface area contributed by atoms with E-state index in [1.54, 1.807) is 17.9 Å². The van der Waals surface area contributed by atoms with Crippen molar-refractivity contribution in [2.24, 2.45) is 11.8 Å². The molecule has 1 fully saturated rings. The highest BCUT2D eigenvalue weighted by Gasteiger charge is 2.30. The maximum absolute atomic E-state index is 11.7. The Balaban J connectivity index is 2.38. The number of carbonyl (C=O) groups excluding carboxylic acids is 2. The van der Waals surface area contributed by atoms with Gasteiger partial charge in [-0.3, -0.25) is 4.79 Å². The van der Waals surface area contributed by atoms with Crippen LogP contribution in [-0.4, -0.2) is 36.5 Å². The number of nitrogens with zero attached hydrogens (tertiary/aromatic N) is 1. The Bertz CT molecular complexity index is 310. The van der Waals surface area contributed by atoms with Crippen LogP contribution in [0, 0.1) is 11.8 Å². The lowest BCUT2D eigenvalue weighted by Crippen LogP contribution is -2.25. The van der Waals surface area contributed by atoms with Gasteiger partial charge in [-0.1, -0.05) is 19.9 Å². The second-order valence-corrected chi connectivity index (χ2v) is 4.66. The fraction of sp³-hybridized carbons (Fsp3) is 0.692. The zero-order valence-electron chi connectivity index (χ0n) is 10.8. The number of rotatable bonds is 5. The van der Waals surface area contributed by atoms with E-state index in [-0.39, 0.29) is 11.9 Å². The van der Waals surface area contributed by atoms with Gasteiger partial charge >= 0.3 is 5.97 Å². The second kappa shape index (κ2) is 6.42. The summed E-state index contributed by atoms with van der Waals surface area (Å²) >= 11 is 0. The van der Waals surface area contributed by atoms with Gasteiger partial charge in [-0.25, -0.2) is 4.79 Å². The Labute approximate surface area is 103 Å². The lowest BCUT2D eigenvalue weighted by Gasteiger charge is -2.16. The van der Waals surface area contributed by atoms with Gasteiger partial charge in [0.15, 0.2) is 0 Å². The number of esters is 1. The quantitative estimate of drug-likeness (QED) is 0.541. The van der Waals surface area contributed by atoms with Crippen LogP contribution in [0.25, 0.3) is 0 Å². The van der Waals surface area contributed by atoms with Crippen molar-refractivity contribution in [2.45, 2.75) is 27.2 Å². The molecule has 1 atom stereocenters. The summed E-state index contributed by atoms with van der Waals surface area (Å²) in [4.78, 5) is 24.5. The Kier molecular flexibility index (Phi) is 5.19. The van der Waals surface area contributed by atoms with Crippen LogP contribution in [0.4, 0.5) is 0 Å². The molecule has 0 aliphatic carbocycles. The van der Waals surface area contributed by atoms with Crippen molar-refractivity contribution in [3.8, 4) is 0 Å². The Hall–Kier alpha value is -1.32. The number of carbonyl (C=O) groups is 2. The molecule has 1 rings (SSSR count). The third kappa shape index (κ3) is 4.21. The highest BCUT2D eigenvalue weighted by molar-refractivity contribution is 5.82. The first-order valence-electron chi connectivity index (χ1n) is 6.15. The molecule has 1 saturated heterocycles. The summed E-state index contributed by atoms with van der Waals surface area (Å²) in [6.45, 7) is 7.71. The third-order valence-corrected chi connectivity index (χ3v) is 3.05. The number of amides is 1. The molecule has 1 unspecified atom stereocenters. The van der Waals surface area contributed by atoms with Crippen molar-refractivity contribution in [3.63, 3.8) is 0 Å². The van der Waals surface area contributed by atoms with E-state index in [4.69, 9.17) is 4.74 Å². The summed E-state index contributed by atoms with van der Waals surface area (Å²) in [7, 11) is 0. The molecular formula is C13H21NO3. The topological polar surface area (TPSA) is 46.6 Å². The van der Waals surface area contributed by atoms with E-state index in [2.05, 4.69) is 13.8 Å². The smallest absolute Gasteiger partial charge is 0.330 e. The standard InChI is InChI=1S/C13H21NO3/c1-4-17-13(16)6-5-7-14-9-11(10(2)3)8-12(14)15/h5-6,10-11H,4,7-9H2,1-3H3/b6-5+. The minimum Gasteiger partial charge on any atom is -0.463 e. The highest BCUT2D eigenvalue weighted by Crippen LogP contribution is 2.24. The molecule has 1 amide bonds. The van der Waals surface area contributed by atoms with E-state index in [9.17, 15) is 9.59 Å². The molecule has 17 heavy (non-hydrogen) atoms. The SMILES string of the molecule is CCOC(=O)/C=C/CN1CC(C(C)C)CC1=O. The summed E-state index contributed by atoms with van der Waals surface area (Å²) in [5.41, 5.74) is 0. The van der Waals surface area contributed by atoms with Gasteiger partial charge < -0.3 is 9.64 Å². The number of likely N-dealkylation sites (tertiary alicyclic amines) is 1. The van der Waals surface area contributed by atoms with Crippen LogP contribution >= 0.6 is 0 Å². The van der Waals surface area contributed by atoms with Gasteiger partial charge in [0.05, 0.1) is 6.61 Å². The third-order valence-electron chi connectivity index (χ3n) is 3.05. The van der Waals surface area contributed by atoms with Crippen LogP contribution in [0.5, 0.6) is 0 Å². The molecule has 96 valence electrons. The van der Waals surface area contributed by atoms with Crippen LogP contribution in [0.3, 0.4) is 0 Å². The van der Waals surface area contributed by atoms with Gasteiger partial charge in [0.2, 0.25) is 5.91 Å². The largest absolute Gasteiger partial charge is 0.463 e. The van der Waals surface area contributed by atoms with Gasteiger partial charge in [0.1, 0.15) is 0 Å². The minimum absolute atomic E-state index is 0.178. The molecule has 1 aliphatic rings. The van der Waals surface area contributed by atoms with Gasteiger partial charge in [0, 0.05) is 25.6 Å². The first kappa shape index (κ1) is 13.7. The molecule has 0 N–H and O–H groups in total. The molecule has 0 aromatic carbocycles. The highest BCUT2D eigenvalue weighted by atomic mass is 16.5. The van der Waals surface area contributed by atoms with Gasteiger partial charge in [-0.05, 0) is 18.8 Å². The molecule has 4 heteroatoms. The Morgan fingerprint density at radius 1 is 1.59 bits per heavy atom. The molecule has 0 saturated carbocycles. The summed E-state index contributed by atoms with van der Waals surface area (Å²) in [5, 5.41) is 0. The lowest BCUT2D eigenvalue weighted by molar-refractivity contribution is -0.137. The molecule has 0 radical (unpaired) electrons. The average molecular weight is 239 g/mol. The predicted octanol–water partition coefficient (Wildman–Crippen LogP) is 1.61. The molecule has 0 bridgehead atoms. The van der Waals surface area contributed by atoms with Crippen molar-refractivity contribution in [3.05, 3.63) is 12.2 Å². The molecule has 0 aromatic heterocycles. The fourth-order valence-electron chi connectivity index (χ4n) is 1.89. The van der Waals surface area contributed by atoms with Crippen LogP contribution in [0.2, 0.25) is 0 Å². The maximum Gasteiger partial charge on any atom is 0.330 e. The second-order valence-electron chi connectivity index (χ2n) is 4.66. The first-order valence-corrected chi connectivity index (χ1v) is 6.15. The van der Waals surface area contributed by atoms with E-state index < -0.39 is 0 Å². The zero-order valence-corrected chi connectivity index (χ0v) is 10.8. The number of ether oxygens (including phenoxy) is 1. The zero-order chi connectivity index (χ0) is 12.8. The van der Waals surface area contributed by atoms with Gasteiger partial charge in [-0.2, -0.15) is 0 Å². The molecule has 0 aromatic rings. The van der Waals surface area contributed by atoms with Crippen LogP contribution < -0.4 is 0 Å². The van der Waals surface area contributed by atoms with Crippen LogP contribution in [0.1, 0.15) is 27.2 Å². The van der Waals surface area contributed by atoms with Crippen LogP contribution in [0.15, 0.2) is 12.2 Å². The first-order chi connectivity index (χ1) is 8.04. The van der Waals surface area contributed by atoms with E-state index in [0.29, 0.717) is 31.4 Å². The van der Waals surface area contributed by atoms with Crippen molar-refractivity contribution in [1.82, 2.24) is 4.90 Å².